The van der Waals surface area contributed by atoms with Crippen molar-refractivity contribution in [3.63, 3.8) is 0 Å². The van der Waals surface area contributed by atoms with Crippen molar-refractivity contribution in [3.05, 3.63) is 0 Å². The summed E-state index contributed by atoms with van der Waals surface area (Å²) in [5.41, 5.74) is 0. The summed E-state index contributed by atoms with van der Waals surface area (Å²) in [6.45, 7) is 1.37. The average molecular weight is 352 g/mol. The molecular weight excluding hydrogens is 330 g/mol. The molecule has 4 nitrogen and oxygen atoms in total. The molecule has 2 heterocycles. The molecule has 0 aromatic heterocycles. The van der Waals surface area contributed by atoms with Crippen LogP contribution in [-0.4, -0.2) is 67.2 Å². The van der Waals surface area contributed by atoms with E-state index >= 15 is 0 Å². The van der Waals surface area contributed by atoms with Crippen molar-refractivity contribution in [2.45, 2.75) is 31.5 Å². The zero-order chi connectivity index (χ0) is 13.9. The Morgan fingerprint density at radius 2 is 1.71 bits per heavy atom. The molecular formula is C12H22Cl2F3N3O. The first kappa shape index (κ1) is 20.8. The fourth-order valence-electron chi connectivity index (χ4n) is 2.66. The number of carbonyl (C=O) groups is 1. The van der Waals surface area contributed by atoms with Gasteiger partial charge in [-0.05, 0) is 19.4 Å². The molecule has 0 unspecified atom stereocenters. The number of piperidine rings is 1. The summed E-state index contributed by atoms with van der Waals surface area (Å²) in [6, 6.07) is -0.136. The Bertz CT molecular complexity index is 317. The van der Waals surface area contributed by atoms with Crippen LogP contribution in [0.15, 0.2) is 0 Å². The van der Waals surface area contributed by atoms with Crippen LogP contribution >= 0.6 is 24.8 Å². The van der Waals surface area contributed by atoms with Crippen LogP contribution in [-0.2, 0) is 4.79 Å². The summed E-state index contributed by atoms with van der Waals surface area (Å²) in [5, 5.41) is 3.18. The summed E-state index contributed by atoms with van der Waals surface area (Å²) < 4.78 is 36.8. The van der Waals surface area contributed by atoms with Gasteiger partial charge < -0.3 is 10.2 Å². The van der Waals surface area contributed by atoms with Gasteiger partial charge in [-0.15, -0.1) is 24.8 Å². The molecule has 0 saturated carbocycles. The average Bonchev–Trinajstić information content (AvgIpc) is 2.38. The van der Waals surface area contributed by atoms with Gasteiger partial charge in [-0.3, -0.25) is 9.69 Å². The predicted molar refractivity (Wildman–Crippen MR) is 79.2 cm³/mol. The van der Waals surface area contributed by atoms with Crippen LogP contribution in [0.3, 0.4) is 0 Å². The normalized spacial score (nSPS) is 24.0. The maximum absolute atomic E-state index is 12.3. The largest absolute Gasteiger partial charge is 0.401 e. The van der Waals surface area contributed by atoms with E-state index in [4.69, 9.17) is 0 Å². The molecule has 2 aliphatic heterocycles. The third-order valence-electron chi connectivity index (χ3n) is 3.70. The first-order valence-corrected chi connectivity index (χ1v) is 6.77. The summed E-state index contributed by atoms with van der Waals surface area (Å²) in [5.74, 6) is 0.0476. The van der Waals surface area contributed by atoms with Crippen LogP contribution in [0.4, 0.5) is 13.2 Å². The second-order valence-electron chi connectivity index (χ2n) is 5.22. The molecule has 0 spiro atoms. The smallest absolute Gasteiger partial charge is 0.339 e. The van der Waals surface area contributed by atoms with Crippen LogP contribution in [0.1, 0.15) is 19.3 Å². The number of carbonyl (C=O) groups excluding carboxylic acids is 1. The van der Waals surface area contributed by atoms with Gasteiger partial charge in [0.2, 0.25) is 5.91 Å². The fourth-order valence-corrected chi connectivity index (χ4v) is 2.66. The fraction of sp³-hybridized carbons (Fsp3) is 0.917. The minimum absolute atomic E-state index is 0. The molecule has 2 fully saturated rings. The van der Waals surface area contributed by atoms with E-state index in [0.29, 0.717) is 26.2 Å². The van der Waals surface area contributed by atoms with E-state index in [1.165, 1.54) is 4.90 Å². The SMILES string of the molecule is Cl.Cl.O=C([C@@H]1CCCCN1)N1CCN(CC(F)(F)F)CC1. The van der Waals surface area contributed by atoms with Crippen LogP contribution in [0.25, 0.3) is 0 Å². The second-order valence-corrected chi connectivity index (χ2v) is 5.22. The van der Waals surface area contributed by atoms with Crippen molar-refractivity contribution < 1.29 is 18.0 Å². The quantitative estimate of drug-likeness (QED) is 0.822. The molecule has 2 saturated heterocycles. The van der Waals surface area contributed by atoms with Gasteiger partial charge in [-0.2, -0.15) is 13.2 Å². The second kappa shape index (κ2) is 9.02. The molecule has 0 aliphatic carbocycles. The third-order valence-corrected chi connectivity index (χ3v) is 3.70. The van der Waals surface area contributed by atoms with E-state index in [1.54, 1.807) is 4.90 Å². The van der Waals surface area contributed by atoms with E-state index in [2.05, 4.69) is 5.32 Å². The number of nitrogens with one attached hydrogen (secondary N) is 1. The first-order chi connectivity index (χ1) is 8.96. The maximum Gasteiger partial charge on any atom is 0.401 e. The Morgan fingerprint density at radius 1 is 1.10 bits per heavy atom. The number of alkyl halides is 3. The molecule has 0 radical (unpaired) electrons. The van der Waals surface area contributed by atoms with Crippen LogP contribution in [0, 0.1) is 0 Å². The van der Waals surface area contributed by atoms with Crippen molar-refractivity contribution in [2.24, 2.45) is 0 Å². The van der Waals surface area contributed by atoms with Gasteiger partial charge in [0.25, 0.3) is 0 Å². The lowest BCUT2D eigenvalue weighted by molar-refractivity contribution is -0.152. The van der Waals surface area contributed by atoms with Crippen LogP contribution in [0.5, 0.6) is 0 Å². The van der Waals surface area contributed by atoms with Crippen LogP contribution in [0.2, 0.25) is 0 Å². The van der Waals surface area contributed by atoms with Gasteiger partial charge in [-0.25, -0.2) is 0 Å². The summed E-state index contributed by atoms with van der Waals surface area (Å²) >= 11 is 0. The van der Waals surface area contributed by atoms with Gasteiger partial charge in [0.15, 0.2) is 0 Å². The lowest BCUT2D eigenvalue weighted by Gasteiger charge is -2.37. The van der Waals surface area contributed by atoms with E-state index in [0.717, 1.165) is 25.8 Å². The van der Waals surface area contributed by atoms with E-state index in [1.807, 2.05) is 0 Å². The Balaban J connectivity index is 0.00000200. The molecule has 126 valence electrons. The highest BCUT2D eigenvalue weighted by Crippen LogP contribution is 2.18. The number of halogens is 5. The number of nitrogens with zero attached hydrogens (tertiary/aromatic N) is 2. The zero-order valence-electron chi connectivity index (χ0n) is 11.7. The lowest BCUT2D eigenvalue weighted by atomic mass is 10.0. The van der Waals surface area contributed by atoms with Crippen molar-refractivity contribution >= 4 is 30.7 Å². The van der Waals surface area contributed by atoms with Gasteiger partial charge in [0, 0.05) is 26.2 Å². The highest BCUT2D eigenvalue weighted by Gasteiger charge is 2.34. The molecule has 1 N–H and O–H groups in total. The molecule has 1 amide bonds. The number of hydrogen-bond donors (Lipinski definition) is 1. The van der Waals surface area contributed by atoms with E-state index in [-0.39, 0.29) is 36.8 Å². The summed E-state index contributed by atoms with van der Waals surface area (Å²) in [7, 11) is 0. The Kier molecular flexibility index (Phi) is 8.92. The van der Waals surface area contributed by atoms with E-state index < -0.39 is 12.7 Å². The van der Waals surface area contributed by atoms with Crippen molar-refractivity contribution in [1.82, 2.24) is 15.1 Å². The molecule has 2 aliphatic rings. The molecule has 1 atom stereocenters. The van der Waals surface area contributed by atoms with Crippen molar-refractivity contribution in [1.29, 1.82) is 0 Å². The van der Waals surface area contributed by atoms with Crippen molar-refractivity contribution in [2.75, 3.05) is 39.3 Å². The standard InChI is InChI=1S/C12H20F3N3O.2ClH/c13-12(14,15)9-17-5-7-18(8-6-17)11(19)10-3-1-2-4-16-10;;/h10,16H,1-9H2;2*1H/t10-;;/m0../s1. The molecule has 2 rings (SSSR count). The third kappa shape index (κ3) is 6.59. The zero-order valence-corrected chi connectivity index (χ0v) is 13.3. The summed E-state index contributed by atoms with van der Waals surface area (Å²) in [4.78, 5) is 15.2. The topological polar surface area (TPSA) is 35.6 Å². The minimum atomic E-state index is -4.16. The summed E-state index contributed by atoms with van der Waals surface area (Å²) in [6.07, 6.45) is -1.20. The maximum atomic E-state index is 12.3. The monoisotopic (exact) mass is 351 g/mol. The van der Waals surface area contributed by atoms with Crippen molar-refractivity contribution in [3.8, 4) is 0 Å². The number of hydrogen-bond acceptors (Lipinski definition) is 3. The number of piperazine rings is 1. The van der Waals surface area contributed by atoms with E-state index in [9.17, 15) is 18.0 Å². The molecule has 0 bridgehead atoms. The first-order valence-electron chi connectivity index (χ1n) is 6.77. The minimum Gasteiger partial charge on any atom is -0.339 e. The lowest BCUT2D eigenvalue weighted by Crippen LogP contribution is -2.55. The molecule has 0 aromatic rings. The predicted octanol–water partition coefficient (Wildman–Crippen LogP) is 1.68. The van der Waals surface area contributed by atoms with Crippen LogP contribution < -0.4 is 5.32 Å². The Morgan fingerprint density at radius 3 is 2.19 bits per heavy atom. The highest BCUT2D eigenvalue weighted by molar-refractivity contribution is 5.85. The van der Waals surface area contributed by atoms with Gasteiger partial charge in [-0.1, -0.05) is 6.42 Å². The van der Waals surface area contributed by atoms with Gasteiger partial charge in [0.1, 0.15) is 0 Å². The molecule has 9 heteroatoms. The molecule has 21 heavy (non-hydrogen) atoms. The molecule has 0 aromatic carbocycles. The van der Waals surface area contributed by atoms with Gasteiger partial charge >= 0.3 is 6.18 Å². The Hall–Kier alpha value is -0.240. The number of amides is 1. The number of rotatable bonds is 2. The Labute approximate surface area is 135 Å². The highest BCUT2D eigenvalue weighted by atomic mass is 35.5. The van der Waals surface area contributed by atoms with Gasteiger partial charge in [0.05, 0.1) is 12.6 Å².